The molecule has 0 spiro atoms. The van der Waals surface area contributed by atoms with Gasteiger partial charge in [-0.25, -0.2) is 0 Å². The van der Waals surface area contributed by atoms with E-state index in [4.69, 9.17) is 10.4 Å². The van der Waals surface area contributed by atoms with Crippen molar-refractivity contribution in [2.24, 2.45) is 5.92 Å². The van der Waals surface area contributed by atoms with Crippen LogP contribution in [0.15, 0.2) is 18.2 Å². The van der Waals surface area contributed by atoms with Crippen molar-refractivity contribution in [3.8, 4) is 6.07 Å². The molecule has 0 saturated heterocycles. The van der Waals surface area contributed by atoms with E-state index in [0.717, 1.165) is 0 Å². The zero-order chi connectivity index (χ0) is 13.5. The number of nitriles is 1. The largest absolute Gasteiger partial charge is 0.396 e. The second-order valence-corrected chi connectivity index (χ2v) is 4.10. The number of nitro benzene ring substituents is 1. The number of aliphatic hydroxyl groups is 1. The summed E-state index contributed by atoms with van der Waals surface area (Å²) in [7, 11) is 0. The van der Waals surface area contributed by atoms with Crippen LogP contribution < -0.4 is 5.32 Å². The number of nitrogens with zero attached hydrogens (tertiary/aromatic N) is 2. The summed E-state index contributed by atoms with van der Waals surface area (Å²) in [5, 5.41) is 31.3. The second kappa shape index (κ2) is 6.57. The number of rotatable bonds is 6. The number of nitro groups is 1. The molecule has 0 aliphatic carbocycles. The maximum absolute atomic E-state index is 10.8. The number of hydrogen-bond acceptors (Lipinski definition) is 5. The van der Waals surface area contributed by atoms with Gasteiger partial charge < -0.3 is 10.4 Å². The number of aliphatic hydroxyl groups excluding tert-OH is 1. The topological polar surface area (TPSA) is 99.2 Å². The third-order valence-corrected chi connectivity index (χ3v) is 2.59. The van der Waals surface area contributed by atoms with Crippen molar-refractivity contribution >= 4 is 11.4 Å². The Kier molecular flexibility index (Phi) is 5.08. The molecule has 96 valence electrons. The predicted octanol–water partition coefficient (Wildman–Crippen LogP) is 1.90. The zero-order valence-electron chi connectivity index (χ0n) is 10.1. The van der Waals surface area contributed by atoms with Gasteiger partial charge in [0.25, 0.3) is 5.69 Å². The first-order valence-electron chi connectivity index (χ1n) is 5.61. The standard InChI is InChI=1S/C12H15N3O3/c1-9(4-5-16)8-14-11-6-10(7-13)2-3-12(11)15(17)18/h2-3,6,9,14,16H,4-5,8H2,1H3. The van der Waals surface area contributed by atoms with E-state index in [1.54, 1.807) is 0 Å². The van der Waals surface area contributed by atoms with Crippen LogP contribution >= 0.6 is 0 Å². The van der Waals surface area contributed by atoms with E-state index in [2.05, 4.69) is 5.32 Å². The summed E-state index contributed by atoms with van der Waals surface area (Å²) in [5.41, 5.74) is 0.659. The molecular weight excluding hydrogens is 234 g/mol. The van der Waals surface area contributed by atoms with Crippen LogP contribution in [0.3, 0.4) is 0 Å². The molecule has 1 atom stereocenters. The molecule has 1 aromatic rings. The average molecular weight is 249 g/mol. The van der Waals surface area contributed by atoms with Crippen LogP contribution in [-0.4, -0.2) is 23.2 Å². The quantitative estimate of drug-likeness (QED) is 0.592. The van der Waals surface area contributed by atoms with E-state index in [1.165, 1.54) is 18.2 Å². The van der Waals surface area contributed by atoms with Crippen molar-refractivity contribution in [3.63, 3.8) is 0 Å². The molecule has 0 bridgehead atoms. The second-order valence-electron chi connectivity index (χ2n) is 4.10. The Morgan fingerprint density at radius 2 is 2.33 bits per heavy atom. The Balaban J connectivity index is 2.85. The van der Waals surface area contributed by atoms with Gasteiger partial charge in [-0.05, 0) is 24.5 Å². The molecule has 0 heterocycles. The summed E-state index contributed by atoms with van der Waals surface area (Å²) < 4.78 is 0. The van der Waals surface area contributed by atoms with Crippen LogP contribution in [0.4, 0.5) is 11.4 Å². The van der Waals surface area contributed by atoms with E-state index in [9.17, 15) is 10.1 Å². The maximum atomic E-state index is 10.8. The van der Waals surface area contributed by atoms with Crippen LogP contribution in [0.25, 0.3) is 0 Å². The van der Waals surface area contributed by atoms with Crippen molar-refractivity contribution in [1.82, 2.24) is 0 Å². The van der Waals surface area contributed by atoms with Crippen LogP contribution in [0, 0.1) is 27.4 Å². The van der Waals surface area contributed by atoms with Crippen molar-refractivity contribution in [2.45, 2.75) is 13.3 Å². The van der Waals surface area contributed by atoms with Gasteiger partial charge in [0.1, 0.15) is 5.69 Å². The van der Waals surface area contributed by atoms with E-state index < -0.39 is 4.92 Å². The Hall–Kier alpha value is -2.13. The van der Waals surface area contributed by atoms with E-state index in [0.29, 0.717) is 24.2 Å². The molecule has 0 aliphatic rings. The van der Waals surface area contributed by atoms with Crippen LogP contribution in [0.5, 0.6) is 0 Å². The Morgan fingerprint density at radius 3 is 2.89 bits per heavy atom. The summed E-state index contributed by atoms with van der Waals surface area (Å²) in [6.45, 7) is 2.53. The Labute approximate surface area is 105 Å². The monoisotopic (exact) mass is 249 g/mol. The summed E-state index contributed by atoms with van der Waals surface area (Å²) in [5.74, 6) is 0.195. The molecule has 0 radical (unpaired) electrons. The molecule has 0 amide bonds. The fourth-order valence-corrected chi connectivity index (χ4v) is 1.51. The van der Waals surface area contributed by atoms with Crippen molar-refractivity contribution in [3.05, 3.63) is 33.9 Å². The maximum Gasteiger partial charge on any atom is 0.292 e. The number of nitrogens with one attached hydrogen (secondary N) is 1. The molecule has 1 rings (SSSR count). The highest BCUT2D eigenvalue weighted by atomic mass is 16.6. The van der Waals surface area contributed by atoms with Crippen molar-refractivity contribution in [2.75, 3.05) is 18.5 Å². The molecule has 0 fully saturated rings. The highest BCUT2D eigenvalue weighted by Gasteiger charge is 2.14. The fraction of sp³-hybridized carbons (Fsp3) is 0.417. The molecule has 1 unspecified atom stereocenters. The zero-order valence-corrected chi connectivity index (χ0v) is 10.1. The minimum Gasteiger partial charge on any atom is -0.396 e. The van der Waals surface area contributed by atoms with E-state index >= 15 is 0 Å². The van der Waals surface area contributed by atoms with Crippen molar-refractivity contribution in [1.29, 1.82) is 5.26 Å². The molecule has 0 aliphatic heterocycles. The summed E-state index contributed by atoms with van der Waals surface area (Å²) in [6, 6.07) is 6.14. The van der Waals surface area contributed by atoms with Crippen LogP contribution in [0.2, 0.25) is 0 Å². The lowest BCUT2D eigenvalue weighted by Gasteiger charge is -2.12. The highest BCUT2D eigenvalue weighted by Crippen LogP contribution is 2.25. The van der Waals surface area contributed by atoms with Gasteiger partial charge in [-0.2, -0.15) is 5.26 Å². The minimum absolute atomic E-state index is 0.0507. The first-order valence-corrected chi connectivity index (χ1v) is 5.61. The van der Waals surface area contributed by atoms with Gasteiger partial charge in [-0.15, -0.1) is 0 Å². The van der Waals surface area contributed by atoms with E-state index in [-0.39, 0.29) is 18.2 Å². The van der Waals surface area contributed by atoms with Gasteiger partial charge in [0, 0.05) is 19.2 Å². The smallest absolute Gasteiger partial charge is 0.292 e. The van der Waals surface area contributed by atoms with Gasteiger partial charge in [0.2, 0.25) is 0 Å². The number of hydrogen-bond donors (Lipinski definition) is 2. The van der Waals surface area contributed by atoms with Gasteiger partial charge in [0.15, 0.2) is 0 Å². The van der Waals surface area contributed by atoms with Gasteiger partial charge in [0.05, 0.1) is 16.6 Å². The average Bonchev–Trinajstić information content (AvgIpc) is 2.36. The molecule has 0 saturated carbocycles. The highest BCUT2D eigenvalue weighted by molar-refractivity contribution is 5.64. The fourth-order valence-electron chi connectivity index (χ4n) is 1.51. The van der Waals surface area contributed by atoms with Crippen LogP contribution in [0.1, 0.15) is 18.9 Å². The third kappa shape index (κ3) is 3.71. The molecule has 0 aromatic heterocycles. The Bertz CT molecular complexity index is 468. The molecule has 6 heteroatoms. The van der Waals surface area contributed by atoms with Gasteiger partial charge >= 0.3 is 0 Å². The molecule has 18 heavy (non-hydrogen) atoms. The normalized spacial score (nSPS) is 11.6. The lowest BCUT2D eigenvalue weighted by Crippen LogP contribution is -2.13. The molecular formula is C12H15N3O3. The first kappa shape index (κ1) is 13.9. The lowest BCUT2D eigenvalue weighted by atomic mass is 10.1. The number of anilines is 1. The molecule has 6 nitrogen and oxygen atoms in total. The summed E-state index contributed by atoms with van der Waals surface area (Å²) >= 11 is 0. The SMILES string of the molecule is CC(CCO)CNc1cc(C#N)ccc1[N+](=O)[O-]. The minimum atomic E-state index is -0.486. The molecule has 2 N–H and O–H groups in total. The van der Waals surface area contributed by atoms with Crippen LogP contribution in [-0.2, 0) is 0 Å². The van der Waals surface area contributed by atoms with Gasteiger partial charge in [-0.1, -0.05) is 6.92 Å². The van der Waals surface area contributed by atoms with E-state index in [1.807, 2.05) is 13.0 Å². The lowest BCUT2D eigenvalue weighted by molar-refractivity contribution is -0.384. The predicted molar refractivity (Wildman–Crippen MR) is 67.2 cm³/mol. The van der Waals surface area contributed by atoms with Crippen molar-refractivity contribution < 1.29 is 10.0 Å². The third-order valence-electron chi connectivity index (χ3n) is 2.59. The summed E-state index contributed by atoms with van der Waals surface area (Å²) in [4.78, 5) is 10.3. The number of benzene rings is 1. The van der Waals surface area contributed by atoms with Gasteiger partial charge in [-0.3, -0.25) is 10.1 Å². The Morgan fingerprint density at radius 1 is 1.61 bits per heavy atom. The molecule has 1 aromatic carbocycles. The summed E-state index contributed by atoms with van der Waals surface area (Å²) in [6.07, 6.45) is 0.624. The first-order chi connectivity index (χ1) is 8.58.